The first kappa shape index (κ1) is 19.3. The van der Waals surface area contributed by atoms with Gasteiger partial charge < -0.3 is 10.1 Å². The highest BCUT2D eigenvalue weighted by Gasteiger charge is 2.13. The minimum atomic E-state index is 0.751. The van der Waals surface area contributed by atoms with Gasteiger partial charge in [0.1, 0.15) is 5.75 Å². The maximum Gasteiger partial charge on any atom is 0.119 e. The van der Waals surface area contributed by atoms with Gasteiger partial charge in [0.2, 0.25) is 0 Å². The van der Waals surface area contributed by atoms with Gasteiger partial charge in [-0.15, -0.1) is 0 Å². The van der Waals surface area contributed by atoms with Gasteiger partial charge in [0.25, 0.3) is 0 Å². The lowest BCUT2D eigenvalue weighted by Gasteiger charge is -2.21. The van der Waals surface area contributed by atoms with Gasteiger partial charge in [-0.05, 0) is 55.0 Å². The quantitative estimate of drug-likeness (QED) is 0.700. The zero-order valence-electron chi connectivity index (χ0n) is 15.7. The zero-order chi connectivity index (χ0) is 17.7. The Morgan fingerprint density at radius 3 is 2.56 bits per heavy atom. The minimum absolute atomic E-state index is 0.751. The number of ether oxygens (including phenoxy) is 1. The van der Waals surface area contributed by atoms with E-state index in [4.69, 9.17) is 4.74 Å². The monoisotopic (exact) mass is 340 g/mol. The van der Waals surface area contributed by atoms with E-state index in [0.717, 1.165) is 36.9 Å². The van der Waals surface area contributed by atoms with E-state index >= 15 is 0 Å². The summed E-state index contributed by atoms with van der Waals surface area (Å²) in [5.74, 6) is 1.76. The first-order chi connectivity index (χ1) is 12.4. The lowest BCUT2D eigenvalue weighted by atomic mass is 9.90. The predicted molar refractivity (Wildman–Crippen MR) is 106 cm³/mol. The fraction of sp³-hybridized carbons (Fsp3) is 0.500. The van der Waals surface area contributed by atoms with Crippen molar-refractivity contribution in [2.24, 2.45) is 5.92 Å². The van der Waals surface area contributed by atoms with Crippen molar-refractivity contribution >= 4 is 5.69 Å². The van der Waals surface area contributed by atoms with Crippen LogP contribution >= 0.6 is 0 Å². The molecule has 0 bridgehead atoms. The van der Waals surface area contributed by atoms with E-state index < -0.39 is 0 Å². The van der Waals surface area contributed by atoms with E-state index in [2.05, 4.69) is 34.6 Å². The first-order valence-electron chi connectivity index (χ1n) is 9.76. The van der Waals surface area contributed by atoms with Gasteiger partial charge in [-0.1, -0.05) is 45.2 Å². The molecule has 0 radical (unpaired) electrons. The molecule has 1 aliphatic rings. The first-order valence-corrected chi connectivity index (χ1v) is 9.76. The van der Waals surface area contributed by atoms with Crippen molar-refractivity contribution in [3.8, 4) is 5.75 Å². The summed E-state index contributed by atoms with van der Waals surface area (Å²) in [4.78, 5) is 4.03. The normalized spacial score (nSPS) is 14.3. The van der Waals surface area contributed by atoms with Crippen molar-refractivity contribution < 1.29 is 4.74 Å². The number of anilines is 1. The number of rotatable bonds is 7. The third kappa shape index (κ3) is 7.16. The van der Waals surface area contributed by atoms with Crippen molar-refractivity contribution in [2.75, 3.05) is 18.5 Å². The van der Waals surface area contributed by atoms with Crippen LogP contribution in [-0.4, -0.2) is 18.1 Å². The van der Waals surface area contributed by atoms with Gasteiger partial charge >= 0.3 is 0 Å². The number of hydrogen-bond acceptors (Lipinski definition) is 3. The molecule has 0 spiro atoms. The molecule has 1 aliphatic carbocycles. The average molecular weight is 341 g/mol. The van der Waals surface area contributed by atoms with Crippen LogP contribution in [0, 0.1) is 5.92 Å². The fourth-order valence-corrected chi connectivity index (χ4v) is 3.18. The van der Waals surface area contributed by atoms with E-state index in [1.165, 1.54) is 37.7 Å². The van der Waals surface area contributed by atoms with Gasteiger partial charge in [-0.3, -0.25) is 4.98 Å². The number of aromatic nitrogens is 1. The van der Waals surface area contributed by atoms with Crippen molar-refractivity contribution in [3.05, 3.63) is 54.4 Å². The number of nitrogens with one attached hydrogen (secondary N) is 1. The maximum absolute atomic E-state index is 6.02. The van der Waals surface area contributed by atoms with E-state index in [1.54, 1.807) is 0 Å². The zero-order valence-corrected chi connectivity index (χ0v) is 15.7. The van der Waals surface area contributed by atoms with Gasteiger partial charge in [-0.25, -0.2) is 0 Å². The Morgan fingerprint density at radius 1 is 1.04 bits per heavy atom. The summed E-state index contributed by atoms with van der Waals surface area (Å²) >= 11 is 0. The average Bonchev–Trinajstić information content (AvgIpc) is 2.70. The Morgan fingerprint density at radius 2 is 1.80 bits per heavy atom. The van der Waals surface area contributed by atoms with Crippen LogP contribution in [0.2, 0.25) is 0 Å². The third-order valence-corrected chi connectivity index (χ3v) is 4.53. The van der Waals surface area contributed by atoms with E-state index in [0.29, 0.717) is 0 Å². The maximum atomic E-state index is 6.02. The second-order valence-electron chi connectivity index (χ2n) is 6.38. The Bertz CT molecular complexity index is 580. The lowest BCUT2D eigenvalue weighted by molar-refractivity contribution is 0.208. The summed E-state index contributed by atoms with van der Waals surface area (Å²) in [7, 11) is 0. The summed E-state index contributed by atoms with van der Waals surface area (Å²) < 4.78 is 6.02. The molecule has 0 atom stereocenters. The SMILES string of the molecule is CC.c1cc(CCNc2ccncc2)cc(OCC2CCCCC2)c1. The molecule has 0 unspecified atom stereocenters. The van der Waals surface area contributed by atoms with Crippen LogP contribution in [0.4, 0.5) is 5.69 Å². The highest BCUT2D eigenvalue weighted by molar-refractivity contribution is 5.41. The molecule has 1 saturated carbocycles. The van der Waals surface area contributed by atoms with Crippen LogP contribution in [-0.2, 0) is 6.42 Å². The van der Waals surface area contributed by atoms with E-state index in [-0.39, 0.29) is 0 Å². The molecule has 1 heterocycles. The molecule has 0 aliphatic heterocycles. The molecule has 1 fully saturated rings. The molecule has 25 heavy (non-hydrogen) atoms. The molecular weight excluding hydrogens is 308 g/mol. The lowest BCUT2D eigenvalue weighted by Crippen LogP contribution is -2.15. The molecule has 1 aromatic carbocycles. The van der Waals surface area contributed by atoms with Gasteiger partial charge in [0, 0.05) is 24.6 Å². The molecule has 3 heteroatoms. The van der Waals surface area contributed by atoms with Crippen molar-refractivity contribution in [1.82, 2.24) is 4.98 Å². The van der Waals surface area contributed by atoms with E-state index in [1.807, 2.05) is 38.4 Å². The number of pyridine rings is 1. The van der Waals surface area contributed by atoms with Gasteiger partial charge in [-0.2, -0.15) is 0 Å². The summed E-state index contributed by atoms with van der Waals surface area (Å²) in [5.41, 5.74) is 2.43. The molecule has 0 amide bonds. The van der Waals surface area contributed by atoms with E-state index in [9.17, 15) is 0 Å². The summed E-state index contributed by atoms with van der Waals surface area (Å²) in [6.45, 7) is 5.79. The summed E-state index contributed by atoms with van der Waals surface area (Å²) in [6.07, 6.45) is 11.4. The standard InChI is InChI=1S/C20H26N2O.C2H6/c1-2-5-18(6-3-1)16-23-20-8-4-7-17(15-20)9-14-22-19-10-12-21-13-11-19;1-2/h4,7-8,10-13,15,18H,1-3,5-6,9,14,16H2,(H,21,22);1-2H3. The molecule has 3 nitrogen and oxygen atoms in total. The third-order valence-electron chi connectivity index (χ3n) is 4.53. The highest BCUT2D eigenvalue weighted by atomic mass is 16.5. The smallest absolute Gasteiger partial charge is 0.119 e. The molecular formula is C22H32N2O. The van der Waals surface area contributed by atoms with Crippen LogP contribution < -0.4 is 10.1 Å². The number of nitrogens with zero attached hydrogens (tertiary/aromatic N) is 1. The Labute approximate surface area is 152 Å². The number of benzene rings is 1. The van der Waals surface area contributed by atoms with Crippen LogP contribution in [0.1, 0.15) is 51.5 Å². The molecule has 1 aromatic heterocycles. The largest absolute Gasteiger partial charge is 0.493 e. The summed E-state index contributed by atoms with van der Waals surface area (Å²) in [5, 5.41) is 3.42. The van der Waals surface area contributed by atoms with Crippen LogP contribution in [0.25, 0.3) is 0 Å². The van der Waals surface area contributed by atoms with Crippen molar-refractivity contribution in [1.29, 1.82) is 0 Å². The molecule has 0 saturated heterocycles. The molecule has 2 aromatic rings. The molecule has 1 N–H and O–H groups in total. The molecule has 136 valence electrons. The predicted octanol–water partition coefficient (Wildman–Crippen LogP) is 5.72. The van der Waals surface area contributed by atoms with Crippen molar-refractivity contribution in [2.45, 2.75) is 52.4 Å². The van der Waals surface area contributed by atoms with Gasteiger partial charge in [0.05, 0.1) is 6.61 Å². The van der Waals surface area contributed by atoms with Crippen LogP contribution in [0.15, 0.2) is 48.8 Å². The highest BCUT2D eigenvalue weighted by Crippen LogP contribution is 2.25. The van der Waals surface area contributed by atoms with Crippen LogP contribution in [0.5, 0.6) is 5.75 Å². The minimum Gasteiger partial charge on any atom is -0.493 e. The summed E-state index contributed by atoms with van der Waals surface area (Å²) in [6, 6.07) is 12.5. The topological polar surface area (TPSA) is 34.2 Å². The Kier molecular flexibility index (Phi) is 8.89. The molecule has 3 rings (SSSR count). The number of hydrogen-bond donors (Lipinski definition) is 1. The fourth-order valence-electron chi connectivity index (χ4n) is 3.18. The van der Waals surface area contributed by atoms with Gasteiger partial charge in [0.15, 0.2) is 0 Å². The second kappa shape index (κ2) is 11.5. The van der Waals surface area contributed by atoms with Crippen molar-refractivity contribution in [3.63, 3.8) is 0 Å². The van der Waals surface area contributed by atoms with Crippen LogP contribution in [0.3, 0.4) is 0 Å². The Hall–Kier alpha value is -2.03. The Balaban J connectivity index is 0.00000109. The second-order valence-corrected chi connectivity index (χ2v) is 6.38.